The first-order valence-corrected chi connectivity index (χ1v) is 8.93. The average molecular weight is 364 g/mol. The van der Waals surface area contributed by atoms with E-state index in [4.69, 9.17) is 13.7 Å². The number of fused-ring (bicyclic) bond motifs is 1. The Kier molecular flexibility index (Phi) is 4.80. The van der Waals surface area contributed by atoms with Crippen molar-refractivity contribution in [1.29, 1.82) is 0 Å². The Morgan fingerprint density at radius 2 is 1.80 bits per heavy atom. The molecule has 132 valence electrons. The van der Waals surface area contributed by atoms with E-state index in [0.717, 1.165) is 0 Å². The Balaban J connectivity index is 1.87. The molecule has 0 saturated heterocycles. The van der Waals surface area contributed by atoms with Crippen LogP contribution in [0, 0.1) is 0 Å². The van der Waals surface area contributed by atoms with Crippen LogP contribution in [0.2, 0.25) is 0 Å². The van der Waals surface area contributed by atoms with Gasteiger partial charge in [-0.1, -0.05) is 6.07 Å². The zero-order chi connectivity index (χ0) is 17.9. The van der Waals surface area contributed by atoms with Crippen molar-refractivity contribution in [3.05, 3.63) is 48.0 Å². The number of carbonyl (C=O) groups is 1. The summed E-state index contributed by atoms with van der Waals surface area (Å²) in [7, 11) is -2.86. The maximum atomic E-state index is 12.5. The van der Waals surface area contributed by atoms with Gasteiger partial charge in [0.15, 0.2) is 11.5 Å². The van der Waals surface area contributed by atoms with Crippen molar-refractivity contribution in [1.82, 2.24) is 0 Å². The minimum atomic E-state index is -4.10. The van der Waals surface area contributed by atoms with E-state index in [2.05, 4.69) is 4.74 Å². The summed E-state index contributed by atoms with van der Waals surface area (Å²) in [6.45, 7) is 0.953. The molecule has 1 heterocycles. The molecule has 1 aliphatic rings. The Hall–Kier alpha value is -2.74. The first kappa shape index (κ1) is 17.1. The van der Waals surface area contributed by atoms with Gasteiger partial charge in [0.25, 0.3) is 0 Å². The summed E-state index contributed by atoms with van der Waals surface area (Å²) >= 11 is 0. The molecule has 3 rings (SSSR count). The van der Waals surface area contributed by atoms with E-state index in [-0.39, 0.29) is 16.2 Å². The van der Waals surface area contributed by atoms with Crippen molar-refractivity contribution in [2.75, 3.05) is 20.3 Å². The van der Waals surface area contributed by atoms with Gasteiger partial charge in [0, 0.05) is 12.5 Å². The van der Waals surface area contributed by atoms with Crippen molar-refractivity contribution in [2.24, 2.45) is 0 Å². The van der Waals surface area contributed by atoms with Gasteiger partial charge < -0.3 is 18.4 Å². The van der Waals surface area contributed by atoms with Crippen LogP contribution in [0.1, 0.15) is 16.8 Å². The molecule has 0 aliphatic carbocycles. The van der Waals surface area contributed by atoms with E-state index in [1.165, 1.54) is 49.6 Å². The fourth-order valence-corrected chi connectivity index (χ4v) is 3.21. The molecule has 7 nitrogen and oxygen atoms in total. The number of rotatable bonds is 4. The maximum Gasteiger partial charge on any atom is 0.339 e. The molecule has 0 bridgehead atoms. The number of esters is 1. The van der Waals surface area contributed by atoms with Crippen LogP contribution in [0.15, 0.2) is 47.4 Å². The molecule has 0 amide bonds. The summed E-state index contributed by atoms with van der Waals surface area (Å²) in [5.41, 5.74) is 0.189. The van der Waals surface area contributed by atoms with Crippen molar-refractivity contribution >= 4 is 16.1 Å². The Labute approximate surface area is 145 Å². The van der Waals surface area contributed by atoms with Crippen LogP contribution in [0.25, 0.3) is 0 Å². The van der Waals surface area contributed by atoms with E-state index in [0.29, 0.717) is 31.1 Å². The topological polar surface area (TPSA) is 88.1 Å². The monoisotopic (exact) mass is 364 g/mol. The second kappa shape index (κ2) is 7.02. The zero-order valence-electron chi connectivity index (χ0n) is 13.4. The minimum Gasteiger partial charge on any atom is -0.490 e. The van der Waals surface area contributed by atoms with Gasteiger partial charge in [-0.05, 0) is 30.3 Å². The molecule has 8 heteroatoms. The second-order valence-electron chi connectivity index (χ2n) is 5.22. The van der Waals surface area contributed by atoms with Crippen LogP contribution in [-0.4, -0.2) is 34.7 Å². The van der Waals surface area contributed by atoms with Crippen LogP contribution >= 0.6 is 0 Å². The maximum absolute atomic E-state index is 12.5. The molecular formula is C17H16O7S. The van der Waals surface area contributed by atoms with Gasteiger partial charge in [-0.2, -0.15) is 8.42 Å². The third kappa shape index (κ3) is 3.85. The molecule has 0 radical (unpaired) electrons. The summed E-state index contributed by atoms with van der Waals surface area (Å²) in [6.07, 6.45) is 0.716. The summed E-state index contributed by atoms with van der Waals surface area (Å²) < 4.78 is 45.7. The van der Waals surface area contributed by atoms with Gasteiger partial charge in [0.05, 0.1) is 25.9 Å². The molecule has 2 aromatic rings. The first-order chi connectivity index (χ1) is 12.0. The van der Waals surface area contributed by atoms with Gasteiger partial charge in [0.2, 0.25) is 0 Å². The van der Waals surface area contributed by atoms with Crippen molar-refractivity contribution in [2.45, 2.75) is 11.3 Å². The number of hydrogen-bond donors (Lipinski definition) is 0. The summed E-state index contributed by atoms with van der Waals surface area (Å²) in [5, 5.41) is 0. The van der Waals surface area contributed by atoms with E-state index in [1.54, 1.807) is 0 Å². The lowest BCUT2D eigenvalue weighted by Crippen LogP contribution is -2.11. The summed E-state index contributed by atoms with van der Waals surface area (Å²) in [4.78, 5) is 11.5. The third-order valence-electron chi connectivity index (χ3n) is 3.47. The highest BCUT2D eigenvalue weighted by Crippen LogP contribution is 2.32. The number of ether oxygens (including phenoxy) is 3. The van der Waals surface area contributed by atoms with Crippen LogP contribution < -0.4 is 13.7 Å². The lowest BCUT2D eigenvalue weighted by molar-refractivity contribution is 0.0600. The van der Waals surface area contributed by atoms with Gasteiger partial charge in [-0.25, -0.2) is 4.79 Å². The van der Waals surface area contributed by atoms with Crippen molar-refractivity contribution < 1.29 is 31.6 Å². The summed E-state index contributed by atoms with van der Waals surface area (Å²) in [6, 6.07) is 10.0. The van der Waals surface area contributed by atoms with Crippen LogP contribution in [-0.2, 0) is 14.9 Å². The quantitative estimate of drug-likeness (QED) is 0.608. The zero-order valence-corrected chi connectivity index (χ0v) is 14.2. The molecular weight excluding hydrogens is 348 g/mol. The third-order valence-corrected chi connectivity index (χ3v) is 4.71. The fourth-order valence-electron chi connectivity index (χ4n) is 2.27. The summed E-state index contributed by atoms with van der Waals surface area (Å²) in [5.74, 6) is 0.267. The first-order valence-electron chi connectivity index (χ1n) is 7.52. The Bertz CT molecular complexity index is 890. The van der Waals surface area contributed by atoms with E-state index >= 15 is 0 Å². The Morgan fingerprint density at radius 1 is 1.04 bits per heavy atom. The predicted molar refractivity (Wildman–Crippen MR) is 87.6 cm³/mol. The highest BCUT2D eigenvalue weighted by Gasteiger charge is 2.21. The smallest absolute Gasteiger partial charge is 0.339 e. The fraction of sp³-hybridized carbons (Fsp3) is 0.235. The number of methoxy groups -OCH3 is 1. The van der Waals surface area contributed by atoms with Gasteiger partial charge in [0.1, 0.15) is 10.6 Å². The second-order valence-corrected chi connectivity index (χ2v) is 6.76. The molecule has 2 aromatic carbocycles. The van der Waals surface area contributed by atoms with Crippen LogP contribution in [0.3, 0.4) is 0 Å². The van der Waals surface area contributed by atoms with E-state index < -0.39 is 16.1 Å². The van der Waals surface area contributed by atoms with Crippen molar-refractivity contribution in [3.63, 3.8) is 0 Å². The molecule has 0 aromatic heterocycles. The molecule has 0 fully saturated rings. The largest absolute Gasteiger partial charge is 0.490 e. The highest BCUT2D eigenvalue weighted by molar-refractivity contribution is 7.87. The SMILES string of the molecule is COC(=O)c1cccc(OS(=O)(=O)c2ccc3c(c2)OCCCO3)c1. The standard InChI is InChI=1S/C17H16O7S/c1-21-17(18)12-4-2-5-13(10-12)24-25(19,20)14-6-7-15-16(11-14)23-9-3-8-22-15/h2,4-7,10-11H,3,8-9H2,1H3. The predicted octanol–water partition coefficient (Wildman–Crippen LogP) is 2.40. The lowest BCUT2D eigenvalue weighted by Gasteiger charge is -2.11. The van der Waals surface area contributed by atoms with E-state index in [1.807, 2.05) is 0 Å². The van der Waals surface area contributed by atoms with Crippen molar-refractivity contribution in [3.8, 4) is 17.2 Å². The molecule has 0 saturated carbocycles. The lowest BCUT2D eigenvalue weighted by atomic mass is 10.2. The molecule has 0 N–H and O–H groups in total. The van der Waals surface area contributed by atoms with Gasteiger partial charge in [-0.3, -0.25) is 0 Å². The van der Waals surface area contributed by atoms with Crippen LogP contribution in [0.5, 0.6) is 17.2 Å². The number of benzene rings is 2. The molecule has 0 spiro atoms. The molecule has 1 aliphatic heterocycles. The van der Waals surface area contributed by atoms with E-state index in [9.17, 15) is 13.2 Å². The number of carbonyl (C=O) groups excluding carboxylic acids is 1. The van der Waals surface area contributed by atoms with Crippen LogP contribution in [0.4, 0.5) is 0 Å². The highest BCUT2D eigenvalue weighted by atomic mass is 32.2. The van der Waals surface area contributed by atoms with Gasteiger partial charge in [-0.15, -0.1) is 0 Å². The minimum absolute atomic E-state index is 0.00927. The Morgan fingerprint density at radius 3 is 2.56 bits per heavy atom. The molecule has 0 atom stereocenters. The number of hydrogen-bond acceptors (Lipinski definition) is 7. The normalized spacial score (nSPS) is 13.6. The molecule has 0 unspecified atom stereocenters. The molecule has 25 heavy (non-hydrogen) atoms. The average Bonchev–Trinajstić information content (AvgIpc) is 2.85. The van der Waals surface area contributed by atoms with Gasteiger partial charge >= 0.3 is 16.1 Å².